The molecule has 2 atom stereocenters. The number of benzene rings is 2. The van der Waals surface area contributed by atoms with Gasteiger partial charge in [0, 0.05) is 23.7 Å². The summed E-state index contributed by atoms with van der Waals surface area (Å²) in [5, 5.41) is 14.8. The van der Waals surface area contributed by atoms with Crippen molar-refractivity contribution in [2.75, 3.05) is 5.32 Å². The van der Waals surface area contributed by atoms with Crippen LogP contribution in [0.1, 0.15) is 97.0 Å². The molecule has 0 radical (unpaired) electrons. The summed E-state index contributed by atoms with van der Waals surface area (Å²) in [5.41, 5.74) is 1.79. The Labute approximate surface area is 228 Å². The predicted molar refractivity (Wildman–Crippen MR) is 155 cm³/mol. The van der Waals surface area contributed by atoms with Gasteiger partial charge in [0.25, 0.3) is 5.69 Å². The van der Waals surface area contributed by atoms with Gasteiger partial charge in [0.1, 0.15) is 5.78 Å². The minimum Gasteiger partial charge on any atom is -0.371 e. The van der Waals surface area contributed by atoms with E-state index >= 15 is 4.57 Å². The first-order chi connectivity index (χ1) is 18.3. The van der Waals surface area contributed by atoms with E-state index in [0.29, 0.717) is 11.6 Å². The van der Waals surface area contributed by atoms with E-state index in [1.54, 1.807) is 12.1 Å². The molecule has 0 bridgehead atoms. The lowest BCUT2D eigenvalue weighted by molar-refractivity contribution is -0.384. The largest absolute Gasteiger partial charge is 0.371 e. The normalized spacial score (nSPS) is 16.5. The van der Waals surface area contributed by atoms with E-state index < -0.39 is 18.3 Å². The Bertz CT molecular complexity index is 1000. The van der Waals surface area contributed by atoms with Gasteiger partial charge in [0.05, 0.1) is 17.1 Å². The van der Waals surface area contributed by atoms with Crippen LogP contribution in [-0.2, 0) is 13.6 Å². The second-order valence-electron chi connectivity index (χ2n) is 10.4. The van der Waals surface area contributed by atoms with E-state index in [1.165, 1.54) is 18.6 Å². The molecule has 0 heterocycles. The second kappa shape index (κ2) is 14.8. The summed E-state index contributed by atoms with van der Waals surface area (Å²) in [7, 11) is -3.74. The molecule has 0 spiro atoms. The Balaban J connectivity index is 2.16. The van der Waals surface area contributed by atoms with Crippen molar-refractivity contribution >= 4 is 19.0 Å². The van der Waals surface area contributed by atoms with Crippen LogP contribution in [0.15, 0.2) is 54.6 Å². The van der Waals surface area contributed by atoms with Crippen LogP contribution >= 0.6 is 7.60 Å². The van der Waals surface area contributed by atoms with Crippen LogP contribution < -0.4 is 5.32 Å². The molecule has 0 unspecified atom stereocenters. The van der Waals surface area contributed by atoms with Crippen LogP contribution in [0.25, 0.3) is 0 Å². The number of nitrogens with one attached hydrogen (secondary N) is 1. The number of nitro benzene ring substituents is 1. The van der Waals surface area contributed by atoms with Gasteiger partial charge in [0.2, 0.25) is 0 Å². The number of anilines is 1. The zero-order valence-electron chi connectivity index (χ0n) is 23.4. The lowest BCUT2D eigenvalue weighted by Gasteiger charge is -2.41. The Hall–Kier alpha value is -2.21. The topological polar surface area (TPSA) is 90.7 Å². The second-order valence-corrected chi connectivity index (χ2v) is 12.4. The van der Waals surface area contributed by atoms with Crippen molar-refractivity contribution in [3.05, 3.63) is 70.3 Å². The monoisotopic (exact) mass is 544 g/mol. The average molecular weight is 545 g/mol. The third-order valence-corrected chi connectivity index (χ3v) is 10.1. The maximum absolute atomic E-state index is 15.2. The predicted octanol–water partition coefficient (Wildman–Crippen LogP) is 9.30. The maximum atomic E-state index is 15.2. The Kier molecular flexibility index (Phi) is 11.8. The van der Waals surface area contributed by atoms with E-state index in [1.807, 2.05) is 45.9 Å². The van der Waals surface area contributed by atoms with E-state index in [0.717, 1.165) is 56.9 Å². The summed E-state index contributed by atoms with van der Waals surface area (Å²) >= 11 is 0. The first-order valence-electron chi connectivity index (χ1n) is 14.4. The first-order valence-corrected chi connectivity index (χ1v) is 16.0. The van der Waals surface area contributed by atoms with Crippen molar-refractivity contribution in [3.8, 4) is 0 Å². The third-order valence-electron chi connectivity index (χ3n) is 7.83. The molecule has 8 heteroatoms. The van der Waals surface area contributed by atoms with Crippen LogP contribution in [0.2, 0.25) is 0 Å². The van der Waals surface area contributed by atoms with Crippen molar-refractivity contribution in [2.45, 2.75) is 109 Å². The van der Waals surface area contributed by atoms with Gasteiger partial charge in [-0.25, -0.2) is 0 Å². The minimum absolute atomic E-state index is 0.0173. The fourth-order valence-corrected chi connectivity index (χ4v) is 8.40. The number of non-ortho nitro benzene ring substituents is 1. The van der Waals surface area contributed by atoms with Crippen LogP contribution in [0.3, 0.4) is 0 Å². The number of hydrogen-bond donors (Lipinski definition) is 1. The quantitative estimate of drug-likeness (QED) is 0.136. The Morgan fingerprint density at radius 3 is 1.87 bits per heavy atom. The van der Waals surface area contributed by atoms with Gasteiger partial charge >= 0.3 is 7.60 Å². The maximum Gasteiger partial charge on any atom is 0.353 e. The number of nitro groups is 1. The van der Waals surface area contributed by atoms with E-state index in [-0.39, 0.29) is 23.8 Å². The molecular weight excluding hydrogens is 499 g/mol. The van der Waals surface area contributed by atoms with E-state index in [2.05, 4.69) is 17.4 Å². The van der Waals surface area contributed by atoms with Gasteiger partial charge in [0.15, 0.2) is 0 Å². The lowest BCUT2D eigenvalue weighted by Crippen LogP contribution is -2.36. The summed E-state index contributed by atoms with van der Waals surface area (Å²) in [6, 6.07) is 16.6. The minimum atomic E-state index is -3.74. The molecule has 1 aliphatic rings. The molecule has 1 fully saturated rings. The third kappa shape index (κ3) is 7.91. The summed E-state index contributed by atoms with van der Waals surface area (Å²) < 4.78 is 28.2. The zero-order valence-corrected chi connectivity index (χ0v) is 24.3. The van der Waals surface area contributed by atoms with Crippen molar-refractivity contribution in [1.82, 2.24) is 0 Å². The highest BCUT2D eigenvalue weighted by Crippen LogP contribution is 2.62. The molecule has 7 nitrogen and oxygen atoms in total. The Morgan fingerprint density at radius 2 is 1.39 bits per heavy atom. The van der Waals surface area contributed by atoms with E-state index in [4.69, 9.17) is 9.05 Å². The van der Waals surface area contributed by atoms with Crippen LogP contribution in [0.5, 0.6) is 0 Å². The van der Waals surface area contributed by atoms with Crippen molar-refractivity contribution < 1.29 is 18.5 Å². The molecule has 3 rings (SSSR count). The molecule has 0 amide bonds. The Morgan fingerprint density at radius 1 is 0.868 bits per heavy atom. The van der Waals surface area contributed by atoms with Gasteiger partial charge in [-0.1, -0.05) is 77.3 Å². The highest BCUT2D eigenvalue weighted by atomic mass is 31.2. The molecule has 38 heavy (non-hydrogen) atoms. The molecule has 0 saturated heterocycles. The van der Waals surface area contributed by atoms with Crippen LogP contribution in [0.4, 0.5) is 11.4 Å². The first kappa shape index (κ1) is 30.3. The molecule has 210 valence electrons. The van der Waals surface area contributed by atoms with Gasteiger partial charge in [-0.05, 0) is 62.1 Å². The number of hydrogen-bond acceptors (Lipinski definition) is 6. The molecule has 1 aliphatic carbocycles. The number of nitrogens with zero attached hydrogens (tertiary/aromatic N) is 1. The summed E-state index contributed by atoms with van der Waals surface area (Å²) in [5.74, 6) is -0.442. The van der Waals surface area contributed by atoms with Crippen molar-refractivity contribution in [3.63, 3.8) is 0 Å². The number of rotatable bonds is 15. The van der Waals surface area contributed by atoms with Crippen LogP contribution in [0, 0.1) is 16.0 Å². The van der Waals surface area contributed by atoms with Gasteiger partial charge in [-0.3, -0.25) is 14.7 Å². The van der Waals surface area contributed by atoms with Crippen molar-refractivity contribution in [2.24, 2.45) is 5.92 Å². The molecule has 0 aliphatic heterocycles. The molecular formula is C30H45N2O5P. The molecule has 2 aromatic rings. The SMILES string of the molecule is CCC(CC)OP(=O)(OC(CC)CC)[C@@H](Nc1ccc([N+](=O)[O-])cc1)[C@@H](c1ccccc1)C1CCCCC1. The molecule has 2 aromatic carbocycles. The van der Waals surface area contributed by atoms with Gasteiger partial charge < -0.3 is 14.4 Å². The summed E-state index contributed by atoms with van der Waals surface area (Å²) in [4.78, 5) is 10.9. The van der Waals surface area contributed by atoms with Gasteiger partial charge in [-0.2, -0.15) is 0 Å². The zero-order chi connectivity index (χ0) is 27.5. The highest BCUT2D eigenvalue weighted by Gasteiger charge is 2.47. The average Bonchev–Trinajstić information content (AvgIpc) is 2.95. The summed E-state index contributed by atoms with van der Waals surface area (Å²) in [6.45, 7) is 8.18. The fourth-order valence-electron chi connectivity index (χ4n) is 5.54. The molecule has 1 saturated carbocycles. The fraction of sp³-hybridized carbons (Fsp3) is 0.600. The molecule has 1 N–H and O–H groups in total. The highest BCUT2D eigenvalue weighted by molar-refractivity contribution is 7.54. The smallest absolute Gasteiger partial charge is 0.353 e. The van der Waals surface area contributed by atoms with Crippen molar-refractivity contribution in [1.29, 1.82) is 0 Å². The van der Waals surface area contributed by atoms with Crippen LogP contribution in [-0.4, -0.2) is 22.9 Å². The molecule has 0 aromatic heterocycles. The lowest BCUT2D eigenvalue weighted by atomic mass is 9.76. The van der Waals surface area contributed by atoms with Gasteiger partial charge in [-0.15, -0.1) is 0 Å². The standard InChI is InChI=1S/C30H45N2O5P/c1-5-27(6-2)36-38(35,37-28(7-3)8-4)30(31-25-19-21-26(22-20-25)32(33)34)29(23-15-11-9-12-16-23)24-17-13-10-14-18-24/h9,11-12,15-16,19-22,24,27-31H,5-8,10,13-14,17-18H2,1-4H3/t29-,30+/m0/s1. The van der Waals surface area contributed by atoms with E-state index in [9.17, 15) is 10.1 Å². The summed E-state index contributed by atoms with van der Waals surface area (Å²) in [6.07, 6.45) is 8.14.